The third-order valence-electron chi connectivity index (χ3n) is 4.91. The van der Waals surface area contributed by atoms with E-state index in [0.29, 0.717) is 31.6 Å². The van der Waals surface area contributed by atoms with Crippen molar-refractivity contribution >= 4 is 17.8 Å². The van der Waals surface area contributed by atoms with Crippen LogP contribution >= 0.6 is 0 Å². The number of urea groups is 1. The Morgan fingerprint density at radius 1 is 1.21 bits per heavy atom. The number of carbonyl (C=O) groups is 3. The van der Waals surface area contributed by atoms with Gasteiger partial charge in [0.05, 0.1) is 0 Å². The number of benzene rings is 1. The predicted octanol–water partition coefficient (Wildman–Crippen LogP) is 2.02. The van der Waals surface area contributed by atoms with Gasteiger partial charge in [0.1, 0.15) is 12.1 Å². The molecule has 6 nitrogen and oxygen atoms in total. The zero-order valence-corrected chi connectivity index (χ0v) is 14.1. The Morgan fingerprint density at radius 2 is 1.88 bits per heavy atom. The highest BCUT2D eigenvalue weighted by Gasteiger charge is 2.52. The van der Waals surface area contributed by atoms with Crippen LogP contribution in [0.2, 0.25) is 0 Å². The zero-order chi connectivity index (χ0) is 17.3. The van der Waals surface area contributed by atoms with E-state index in [0.717, 1.165) is 6.42 Å². The zero-order valence-electron chi connectivity index (χ0n) is 14.1. The molecule has 4 amide bonds. The van der Waals surface area contributed by atoms with Gasteiger partial charge in [0.25, 0.3) is 11.8 Å². The third-order valence-corrected chi connectivity index (χ3v) is 4.91. The molecule has 0 spiro atoms. The Bertz CT molecular complexity index is 620. The predicted molar refractivity (Wildman–Crippen MR) is 89.1 cm³/mol. The van der Waals surface area contributed by atoms with E-state index < -0.39 is 12.1 Å². The summed E-state index contributed by atoms with van der Waals surface area (Å²) in [5.74, 6) is -0.444. The second kappa shape index (κ2) is 6.63. The summed E-state index contributed by atoms with van der Waals surface area (Å²) in [5.41, 5.74) is 0.678. The van der Waals surface area contributed by atoms with Crippen LogP contribution in [0.1, 0.15) is 38.3 Å². The van der Waals surface area contributed by atoms with Crippen LogP contribution in [0.4, 0.5) is 4.79 Å². The number of carbonyl (C=O) groups excluding carboxylic acids is 3. The standard InChI is InChI=1S/C18H23N3O3/c1-3-19(4-2)17(23)15(13-9-6-5-7-10-13)21-16(22)14-11-8-12-20(14)18(21)24/h5-7,9-10,14-15H,3-4,8,11-12H2,1-2H3. The van der Waals surface area contributed by atoms with Crippen molar-refractivity contribution in [2.75, 3.05) is 19.6 Å². The first-order chi connectivity index (χ1) is 11.6. The van der Waals surface area contributed by atoms with E-state index in [1.807, 2.05) is 32.0 Å². The molecule has 0 radical (unpaired) electrons. The molecule has 1 aromatic carbocycles. The van der Waals surface area contributed by atoms with Gasteiger partial charge >= 0.3 is 6.03 Å². The molecule has 2 aliphatic rings. The first-order valence-corrected chi connectivity index (χ1v) is 8.57. The molecular weight excluding hydrogens is 306 g/mol. The molecule has 2 atom stereocenters. The van der Waals surface area contributed by atoms with E-state index in [1.54, 1.807) is 21.9 Å². The number of fused-ring (bicyclic) bond motifs is 1. The van der Waals surface area contributed by atoms with Crippen LogP contribution in [0.15, 0.2) is 30.3 Å². The third kappa shape index (κ3) is 2.56. The molecule has 128 valence electrons. The summed E-state index contributed by atoms with van der Waals surface area (Å²) in [5, 5.41) is 0. The van der Waals surface area contributed by atoms with Gasteiger partial charge < -0.3 is 9.80 Å². The van der Waals surface area contributed by atoms with E-state index in [-0.39, 0.29) is 17.8 Å². The van der Waals surface area contributed by atoms with Crippen LogP contribution in [0.5, 0.6) is 0 Å². The van der Waals surface area contributed by atoms with E-state index >= 15 is 0 Å². The molecule has 1 aromatic rings. The van der Waals surface area contributed by atoms with Crippen LogP contribution in [0, 0.1) is 0 Å². The number of likely N-dealkylation sites (N-methyl/N-ethyl adjacent to an activating group) is 1. The molecule has 2 fully saturated rings. The average molecular weight is 329 g/mol. The Hall–Kier alpha value is -2.37. The summed E-state index contributed by atoms with van der Waals surface area (Å²) < 4.78 is 0. The Balaban J connectivity index is 2.01. The van der Waals surface area contributed by atoms with Gasteiger partial charge in [0.15, 0.2) is 0 Å². The van der Waals surface area contributed by atoms with Crippen molar-refractivity contribution in [3.8, 4) is 0 Å². The lowest BCUT2D eigenvalue weighted by Crippen LogP contribution is -2.46. The van der Waals surface area contributed by atoms with Gasteiger partial charge in [0, 0.05) is 19.6 Å². The van der Waals surface area contributed by atoms with Gasteiger partial charge in [-0.05, 0) is 32.3 Å². The number of rotatable bonds is 5. The smallest absolute Gasteiger partial charge is 0.328 e. The fourth-order valence-corrected chi connectivity index (χ4v) is 3.63. The monoisotopic (exact) mass is 329 g/mol. The van der Waals surface area contributed by atoms with Crippen molar-refractivity contribution in [1.82, 2.24) is 14.7 Å². The van der Waals surface area contributed by atoms with E-state index in [9.17, 15) is 14.4 Å². The first-order valence-electron chi connectivity index (χ1n) is 8.57. The van der Waals surface area contributed by atoms with Gasteiger partial charge in [0.2, 0.25) is 0 Å². The fourth-order valence-electron chi connectivity index (χ4n) is 3.63. The maximum absolute atomic E-state index is 13.1. The van der Waals surface area contributed by atoms with Gasteiger partial charge in [-0.25, -0.2) is 9.69 Å². The molecule has 3 rings (SSSR count). The molecule has 0 bridgehead atoms. The molecule has 2 saturated heterocycles. The Morgan fingerprint density at radius 3 is 2.46 bits per heavy atom. The summed E-state index contributed by atoms with van der Waals surface area (Å²) >= 11 is 0. The van der Waals surface area contributed by atoms with Crippen LogP contribution in [-0.2, 0) is 9.59 Å². The average Bonchev–Trinajstić information content (AvgIpc) is 3.17. The quantitative estimate of drug-likeness (QED) is 0.777. The van der Waals surface area contributed by atoms with Crippen molar-refractivity contribution in [2.24, 2.45) is 0 Å². The SMILES string of the molecule is CCN(CC)C(=O)C(c1ccccc1)N1C(=O)C2CCCN2C1=O. The second-order valence-corrected chi connectivity index (χ2v) is 6.17. The molecule has 0 saturated carbocycles. The van der Waals surface area contributed by atoms with Crippen molar-refractivity contribution in [3.05, 3.63) is 35.9 Å². The van der Waals surface area contributed by atoms with E-state index in [2.05, 4.69) is 0 Å². The minimum atomic E-state index is -0.878. The minimum absolute atomic E-state index is 0.200. The first kappa shape index (κ1) is 16.5. The van der Waals surface area contributed by atoms with Crippen molar-refractivity contribution in [3.63, 3.8) is 0 Å². The summed E-state index contributed by atoms with van der Waals surface area (Å²) in [6.45, 7) is 5.47. The van der Waals surface area contributed by atoms with Gasteiger partial charge in [-0.15, -0.1) is 0 Å². The Labute approximate surface area is 142 Å². The van der Waals surface area contributed by atoms with E-state index in [1.165, 1.54) is 4.90 Å². The van der Waals surface area contributed by atoms with Crippen molar-refractivity contribution in [2.45, 2.75) is 38.8 Å². The summed E-state index contributed by atoms with van der Waals surface area (Å²) in [4.78, 5) is 43.1. The molecule has 2 aliphatic heterocycles. The highest BCUT2D eigenvalue weighted by atomic mass is 16.2. The summed E-state index contributed by atoms with van der Waals surface area (Å²) in [6.07, 6.45) is 1.53. The van der Waals surface area contributed by atoms with Crippen molar-refractivity contribution < 1.29 is 14.4 Å². The van der Waals surface area contributed by atoms with Gasteiger partial charge in [-0.2, -0.15) is 0 Å². The van der Waals surface area contributed by atoms with Gasteiger partial charge in [-0.1, -0.05) is 30.3 Å². The maximum atomic E-state index is 13.1. The molecule has 0 aromatic heterocycles. The number of imide groups is 1. The molecule has 2 unspecified atom stereocenters. The molecule has 0 N–H and O–H groups in total. The molecule has 0 aliphatic carbocycles. The maximum Gasteiger partial charge on any atom is 0.328 e. The van der Waals surface area contributed by atoms with Crippen LogP contribution < -0.4 is 0 Å². The topological polar surface area (TPSA) is 60.9 Å². The summed E-state index contributed by atoms with van der Waals surface area (Å²) in [6, 6.07) is 7.50. The molecular formula is C18H23N3O3. The van der Waals surface area contributed by atoms with Gasteiger partial charge in [-0.3, -0.25) is 9.59 Å². The van der Waals surface area contributed by atoms with Crippen LogP contribution in [-0.4, -0.2) is 58.2 Å². The van der Waals surface area contributed by atoms with Crippen molar-refractivity contribution in [1.29, 1.82) is 0 Å². The molecule has 24 heavy (non-hydrogen) atoms. The number of amides is 4. The lowest BCUT2D eigenvalue weighted by Gasteiger charge is -2.30. The lowest BCUT2D eigenvalue weighted by atomic mass is 10.0. The number of hydrogen-bond acceptors (Lipinski definition) is 3. The fraction of sp³-hybridized carbons (Fsp3) is 0.500. The highest BCUT2D eigenvalue weighted by Crippen LogP contribution is 2.34. The number of hydrogen-bond donors (Lipinski definition) is 0. The Kier molecular flexibility index (Phi) is 4.55. The second-order valence-electron chi connectivity index (χ2n) is 6.17. The molecule has 6 heteroatoms. The highest BCUT2D eigenvalue weighted by molar-refractivity contribution is 6.08. The lowest BCUT2D eigenvalue weighted by molar-refractivity contribution is -0.142. The molecule has 2 heterocycles. The number of nitrogens with zero attached hydrogens (tertiary/aromatic N) is 3. The minimum Gasteiger partial charge on any atom is -0.341 e. The van der Waals surface area contributed by atoms with E-state index in [4.69, 9.17) is 0 Å². The largest absolute Gasteiger partial charge is 0.341 e. The normalized spacial score (nSPS) is 21.2. The summed E-state index contributed by atoms with van der Waals surface area (Å²) in [7, 11) is 0. The van der Waals surface area contributed by atoms with Crippen LogP contribution in [0.3, 0.4) is 0 Å². The van der Waals surface area contributed by atoms with Crippen LogP contribution in [0.25, 0.3) is 0 Å².